The number of para-hydroxylation sites is 1. The Balaban J connectivity index is 2.01. The third-order valence-corrected chi connectivity index (χ3v) is 3.43. The highest BCUT2D eigenvalue weighted by Gasteiger charge is 2.11. The number of anilines is 2. The molecule has 0 fully saturated rings. The van der Waals surface area contributed by atoms with Gasteiger partial charge in [-0.15, -0.1) is 0 Å². The number of Topliss-reactive ketones (excluding diaryl/α,β-unsaturated/α-hetero) is 1. The number of rotatable bonds is 7. The van der Waals surface area contributed by atoms with Crippen LogP contribution in [0.2, 0.25) is 5.02 Å². The van der Waals surface area contributed by atoms with Gasteiger partial charge in [0.25, 0.3) is 0 Å². The minimum Gasteiger partial charge on any atom is -0.468 e. The molecule has 6 heteroatoms. The summed E-state index contributed by atoms with van der Waals surface area (Å²) < 4.78 is 4.58. The first-order chi connectivity index (χ1) is 11.1. The molecule has 0 saturated heterocycles. The molecular formula is C17H17ClN2O3. The fraction of sp³-hybridized carbons (Fsp3) is 0.176. The summed E-state index contributed by atoms with van der Waals surface area (Å²) >= 11 is 5.82. The van der Waals surface area contributed by atoms with E-state index in [1.54, 1.807) is 48.5 Å². The first kappa shape index (κ1) is 16.8. The molecule has 0 heterocycles. The molecule has 0 bridgehead atoms. The highest BCUT2D eigenvalue weighted by Crippen LogP contribution is 2.17. The van der Waals surface area contributed by atoms with Gasteiger partial charge < -0.3 is 15.4 Å². The number of methoxy groups -OCH3 is 1. The maximum absolute atomic E-state index is 12.4. The van der Waals surface area contributed by atoms with Crippen LogP contribution in [-0.4, -0.2) is 32.0 Å². The first-order valence-corrected chi connectivity index (χ1v) is 7.40. The predicted molar refractivity (Wildman–Crippen MR) is 91.2 cm³/mol. The van der Waals surface area contributed by atoms with E-state index in [-0.39, 0.29) is 18.9 Å². The van der Waals surface area contributed by atoms with Gasteiger partial charge in [-0.25, -0.2) is 0 Å². The van der Waals surface area contributed by atoms with Gasteiger partial charge in [0.05, 0.1) is 13.7 Å². The molecule has 0 unspecified atom stereocenters. The van der Waals surface area contributed by atoms with Crippen molar-refractivity contribution in [2.24, 2.45) is 0 Å². The molecule has 0 aliphatic rings. The Morgan fingerprint density at radius 1 is 1.00 bits per heavy atom. The average Bonchev–Trinajstić information content (AvgIpc) is 2.59. The summed E-state index contributed by atoms with van der Waals surface area (Å²) in [6.45, 7) is 0.143. The van der Waals surface area contributed by atoms with Crippen LogP contribution in [0.3, 0.4) is 0 Å². The smallest absolute Gasteiger partial charge is 0.325 e. The Hall–Kier alpha value is -2.53. The quantitative estimate of drug-likeness (QED) is 0.602. The molecule has 0 spiro atoms. The van der Waals surface area contributed by atoms with Gasteiger partial charge in [-0.1, -0.05) is 23.7 Å². The lowest BCUT2D eigenvalue weighted by molar-refractivity contribution is -0.138. The Bertz CT molecular complexity index is 686. The van der Waals surface area contributed by atoms with Crippen LogP contribution in [0.5, 0.6) is 0 Å². The second-order valence-electron chi connectivity index (χ2n) is 4.76. The van der Waals surface area contributed by atoms with Crippen LogP contribution >= 0.6 is 11.6 Å². The molecule has 120 valence electrons. The molecule has 5 nitrogen and oxygen atoms in total. The van der Waals surface area contributed by atoms with Crippen LogP contribution in [0, 0.1) is 0 Å². The van der Waals surface area contributed by atoms with E-state index in [0.717, 1.165) is 5.69 Å². The summed E-state index contributed by atoms with van der Waals surface area (Å²) in [6.07, 6.45) is 0. The van der Waals surface area contributed by atoms with Gasteiger partial charge in [-0.2, -0.15) is 0 Å². The van der Waals surface area contributed by atoms with Crippen molar-refractivity contribution < 1.29 is 14.3 Å². The van der Waals surface area contributed by atoms with E-state index in [2.05, 4.69) is 15.4 Å². The molecule has 0 amide bonds. The largest absolute Gasteiger partial charge is 0.468 e. The molecule has 0 aliphatic heterocycles. The Labute approximate surface area is 139 Å². The summed E-state index contributed by atoms with van der Waals surface area (Å²) in [5.41, 5.74) is 1.92. The molecule has 23 heavy (non-hydrogen) atoms. The molecule has 2 N–H and O–H groups in total. The summed E-state index contributed by atoms with van der Waals surface area (Å²) in [7, 11) is 1.32. The van der Waals surface area contributed by atoms with Crippen molar-refractivity contribution in [1.82, 2.24) is 0 Å². The number of carbonyl (C=O) groups is 2. The maximum Gasteiger partial charge on any atom is 0.325 e. The van der Waals surface area contributed by atoms with Crippen molar-refractivity contribution in [2.75, 3.05) is 30.8 Å². The Morgan fingerprint density at radius 3 is 2.39 bits per heavy atom. The summed E-state index contributed by atoms with van der Waals surface area (Å²) in [5, 5.41) is 6.59. The number of ketones is 1. The topological polar surface area (TPSA) is 67.4 Å². The zero-order chi connectivity index (χ0) is 16.7. The molecule has 2 rings (SSSR count). The summed E-state index contributed by atoms with van der Waals surface area (Å²) in [4.78, 5) is 23.6. The van der Waals surface area contributed by atoms with E-state index in [0.29, 0.717) is 16.3 Å². The van der Waals surface area contributed by atoms with Gasteiger partial charge in [-0.05, 0) is 36.4 Å². The highest BCUT2D eigenvalue weighted by atomic mass is 35.5. The van der Waals surface area contributed by atoms with Crippen LogP contribution in [0.1, 0.15) is 10.4 Å². The molecule has 2 aromatic carbocycles. The van der Waals surface area contributed by atoms with Gasteiger partial charge in [0.2, 0.25) is 0 Å². The van der Waals surface area contributed by atoms with Gasteiger partial charge in [0, 0.05) is 22.0 Å². The SMILES string of the molecule is COC(=O)CNc1ccccc1C(=O)CNc1ccc(Cl)cc1. The van der Waals surface area contributed by atoms with E-state index < -0.39 is 5.97 Å². The van der Waals surface area contributed by atoms with Crippen LogP contribution in [0.25, 0.3) is 0 Å². The summed E-state index contributed by atoms with van der Waals surface area (Å²) in [5.74, 6) is -0.487. The van der Waals surface area contributed by atoms with E-state index in [1.807, 2.05) is 0 Å². The van der Waals surface area contributed by atoms with Crippen molar-refractivity contribution in [3.05, 3.63) is 59.1 Å². The van der Waals surface area contributed by atoms with Crippen LogP contribution in [-0.2, 0) is 9.53 Å². The van der Waals surface area contributed by atoms with Gasteiger partial charge in [0.15, 0.2) is 5.78 Å². The maximum atomic E-state index is 12.4. The van der Waals surface area contributed by atoms with Crippen molar-refractivity contribution in [1.29, 1.82) is 0 Å². The van der Waals surface area contributed by atoms with Crippen molar-refractivity contribution in [2.45, 2.75) is 0 Å². The third-order valence-electron chi connectivity index (χ3n) is 3.18. The van der Waals surface area contributed by atoms with Gasteiger partial charge in [-0.3, -0.25) is 9.59 Å². The standard InChI is InChI=1S/C17H17ClN2O3/c1-23-17(22)11-20-15-5-3-2-4-14(15)16(21)10-19-13-8-6-12(18)7-9-13/h2-9,19-20H,10-11H2,1H3. The third kappa shape index (κ3) is 5.00. The van der Waals surface area contributed by atoms with E-state index in [1.165, 1.54) is 7.11 Å². The number of benzene rings is 2. The number of carbonyl (C=O) groups excluding carboxylic acids is 2. The molecular weight excluding hydrogens is 316 g/mol. The van der Waals surface area contributed by atoms with Crippen LogP contribution < -0.4 is 10.6 Å². The molecule has 0 radical (unpaired) electrons. The van der Waals surface area contributed by atoms with E-state index in [4.69, 9.17) is 11.6 Å². The predicted octanol–water partition coefficient (Wildman–Crippen LogP) is 3.22. The van der Waals surface area contributed by atoms with Crippen molar-refractivity contribution in [3.8, 4) is 0 Å². The Morgan fingerprint density at radius 2 is 1.70 bits per heavy atom. The fourth-order valence-electron chi connectivity index (χ4n) is 1.97. The number of ether oxygens (including phenoxy) is 1. The monoisotopic (exact) mass is 332 g/mol. The lowest BCUT2D eigenvalue weighted by Crippen LogP contribution is -2.19. The molecule has 2 aromatic rings. The van der Waals surface area contributed by atoms with Crippen molar-refractivity contribution >= 4 is 34.7 Å². The van der Waals surface area contributed by atoms with Gasteiger partial charge in [0.1, 0.15) is 6.54 Å². The zero-order valence-corrected chi connectivity index (χ0v) is 13.4. The number of halogens is 1. The summed E-state index contributed by atoms with van der Waals surface area (Å²) in [6, 6.07) is 14.1. The van der Waals surface area contributed by atoms with E-state index in [9.17, 15) is 9.59 Å². The molecule has 0 atom stereocenters. The number of hydrogen-bond acceptors (Lipinski definition) is 5. The number of hydrogen-bond donors (Lipinski definition) is 2. The average molecular weight is 333 g/mol. The van der Waals surface area contributed by atoms with Crippen molar-refractivity contribution in [3.63, 3.8) is 0 Å². The minimum atomic E-state index is -0.397. The number of nitrogens with one attached hydrogen (secondary N) is 2. The number of esters is 1. The molecule has 0 saturated carbocycles. The fourth-order valence-corrected chi connectivity index (χ4v) is 2.09. The zero-order valence-electron chi connectivity index (χ0n) is 12.6. The highest BCUT2D eigenvalue weighted by molar-refractivity contribution is 6.30. The lowest BCUT2D eigenvalue weighted by atomic mass is 10.1. The Kier molecular flexibility index (Phi) is 6.00. The normalized spacial score (nSPS) is 10.0. The second-order valence-corrected chi connectivity index (χ2v) is 5.20. The van der Waals surface area contributed by atoms with Crippen LogP contribution in [0.4, 0.5) is 11.4 Å². The minimum absolute atomic E-state index is 0.00536. The molecule has 0 aromatic heterocycles. The van der Waals surface area contributed by atoms with Gasteiger partial charge >= 0.3 is 5.97 Å². The van der Waals surface area contributed by atoms with E-state index >= 15 is 0 Å². The second kappa shape index (κ2) is 8.19. The first-order valence-electron chi connectivity index (χ1n) is 7.02. The van der Waals surface area contributed by atoms with Crippen LogP contribution in [0.15, 0.2) is 48.5 Å². The lowest BCUT2D eigenvalue weighted by Gasteiger charge is -2.11. The molecule has 0 aliphatic carbocycles.